The molecule has 0 aromatic rings. The Morgan fingerprint density at radius 2 is 1.00 bits per heavy atom. The molecule has 4 heteroatoms. The number of ether oxygens (including phenoxy) is 1. The minimum atomic E-state index is -0.110. The number of unbranched alkanes of at least 4 members (excludes halogenated alkanes) is 5. The Bertz CT molecular complexity index is 851. The quantitative estimate of drug-likeness (QED) is 0.0588. The van der Waals surface area contributed by atoms with E-state index in [1.54, 1.807) is 0 Å². The van der Waals surface area contributed by atoms with Crippen LogP contribution in [-0.4, -0.2) is 25.3 Å². The lowest BCUT2D eigenvalue weighted by Gasteiger charge is -2.38. The first-order valence-electron chi connectivity index (χ1n) is 22.6. The van der Waals surface area contributed by atoms with Gasteiger partial charge in [-0.15, -0.1) is 0 Å². The van der Waals surface area contributed by atoms with Crippen molar-refractivity contribution < 1.29 is 19.3 Å². The van der Waals surface area contributed by atoms with Crippen molar-refractivity contribution in [3.63, 3.8) is 0 Å². The first-order valence-corrected chi connectivity index (χ1v) is 22.6. The highest BCUT2D eigenvalue weighted by Gasteiger charge is 2.35. The molecule has 4 nitrogen and oxygen atoms in total. The topological polar surface area (TPSA) is 44.8 Å². The van der Waals surface area contributed by atoms with Gasteiger partial charge in [0.25, 0.3) is 0 Å². The number of rotatable bonds is 19. The molecule has 1 atom stereocenters. The van der Waals surface area contributed by atoms with Crippen molar-refractivity contribution in [2.24, 2.45) is 53.3 Å². The Morgan fingerprint density at radius 1 is 0.531 bits per heavy atom. The number of carbonyl (C=O) groups is 1. The summed E-state index contributed by atoms with van der Waals surface area (Å²) in [5.74, 6) is 6.85. The standard InChI is InChI=1S/C45H80O4/c1-3-5-7-10-14-36-19-25-39(26-20-36)41-29-31-43(32-30-41)45(46)47-34-44(42-15-11-8-12-16-42)49-48-33-37-21-27-40(28-22-37)38-23-17-35(18-24-38)13-9-6-4-2/h35-44H,3-34H2,1-2H3. The highest BCUT2D eigenvalue weighted by Crippen LogP contribution is 2.44. The van der Waals surface area contributed by atoms with E-state index in [1.165, 1.54) is 180 Å². The highest BCUT2D eigenvalue weighted by atomic mass is 17.2. The number of hydrogen-bond acceptors (Lipinski definition) is 4. The van der Waals surface area contributed by atoms with Gasteiger partial charge in [0.2, 0.25) is 0 Å². The molecule has 5 aliphatic carbocycles. The monoisotopic (exact) mass is 685 g/mol. The predicted molar refractivity (Wildman–Crippen MR) is 203 cm³/mol. The van der Waals surface area contributed by atoms with Crippen LogP contribution in [0.2, 0.25) is 0 Å². The summed E-state index contributed by atoms with van der Waals surface area (Å²) >= 11 is 0. The summed E-state index contributed by atoms with van der Waals surface area (Å²) in [5, 5.41) is 0. The van der Waals surface area contributed by atoms with E-state index < -0.39 is 0 Å². The molecule has 5 aliphatic rings. The summed E-state index contributed by atoms with van der Waals surface area (Å²) in [7, 11) is 0. The molecule has 49 heavy (non-hydrogen) atoms. The van der Waals surface area contributed by atoms with Gasteiger partial charge in [0.1, 0.15) is 12.7 Å². The maximum absolute atomic E-state index is 13.3. The molecular weight excluding hydrogens is 604 g/mol. The minimum Gasteiger partial charge on any atom is -0.463 e. The largest absolute Gasteiger partial charge is 0.463 e. The fourth-order valence-corrected chi connectivity index (χ4v) is 11.3. The van der Waals surface area contributed by atoms with Gasteiger partial charge >= 0.3 is 5.97 Å². The van der Waals surface area contributed by atoms with Crippen LogP contribution in [0.5, 0.6) is 0 Å². The molecule has 284 valence electrons. The van der Waals surface area contributed by atoms with Crippen molar-refractivity contribution in [3.05, 3.63) is 0 Å². The van der Waals surface area contributed by atoms with Gasteiger partial charge in [-0.25, -0.2) is 9.78 Å². The van der Waals surface area contributed by atoms with Crippen LogP contribution in [0.15, 0.2) is 0 Å². The summed E-state index contributed by atoms with van der Waals surface area (Å²) in [6.45, 7) is 5.71. The molecule has 0 amide bonds. The van der Waals surface area contributed by atoms with E-state index in [9.17, 15) is 4.79 Å². The third kappa shape index (κ3) is 13.4. The van der Waals surface area contributed by atoms with E-state index in [0.29, 0.717) is 25.0 Å². The van der Waals surface area contributed by atoms with Gasteiger partial charge in [0, 0.05) is 0 Å². The van der Waals surface area contributed by atoms with Crippen molar-refractivity contribution >= 4 is 5.97 Å². The van der Waals surface area contributed by atoms with Crippen LogP contribution < -0.4 is 0 Å². The third-order valence-corrected chi connectivity index (χ3v) is 14.9. The van der Waals surface area contributed by atoms with Gasteiger partial charge in [0.15, 0.2) is 0 Å². The summed E-state index contributed by atoms with van der Waals surface area (Å²) in [5.41, 5.74) is 0. The van der Waals surface area contributed by atoms with Gasteiger partial charge in [-0.2, -0.15) is 0 Å². The molecule has 5 saturated carbocycles. The Labute approximate surface area is 303 Å². The average Bonchev–Trinajstić information content (AvgIpc) is 3.16. The number of carbonyl (C=O) groups excluding carboxylic acids is 1. The van der Waals surface area contributed by atoms with E-state index in [4.69, 9.17) is 14.5 Å². The van der Waals surface area contributed by atoms with E-state index in [0.717, 1.165) is 48.3 Å². The summed E-state index contributed by atoms with van der Waals surface area (Å²) in [4.78, 5) is 25.5. The molecule has 0 radical (unpaired) electrons. The van der Waals surface area contributed by atoms with Crippen LogP contribution in [-0.2, 0) is 19.3 Å². The van der Waals surface area contributed by atoms with Crippen molar-refractivity contribution in [1.29, 1.82) is 0 Å². The van der Waals surface area contributed by atoms with E-state index in [1.807, 2.05) is 0 Å². The van der Waals surface area contributed by atoms with Gasteiger partial charge in [0.05, 0.1) is 12.5 Å². The normalized spacial score (nSPS) is 34.0. The average molecular weight is 685 g/mol. The van der Waals surface area contributed by atoms with Crippen LogP contribution in [0.1, 0.15) is 206 Å². The molecule has 0 bridgehead atoms. The lowest BCUT2D eigenvalue weighted by atomic mass is 9.68. The Hall–Kier alpha value is -0.610. The molecule has 1 unspecified atom stereocenters. The van der Waals surface area contributed by atoms with E-state index >= 15 is 0 Å². The van der Waals surface area contributed by atoms with Crippen molar-refractivity contribution in [3.8, 4) is 0 Å². The fraction of sp³-hybridized carbons (Fsp3) is 0.978. The SMILES string of the molecule is CCCCCCC1CCC(C2CCC(C(=O)OCC(OOCC3CCC(C4CCC(CCCCC)CC4)CC3)C3CCCCC3)CC2)CC1. The second-order valence-electron chi connectivity index (χ2n) is 18.2. The van der Waals surface area contributed by atoms with Crippen LogP contribution in [0, 0.1) is 53.3 Å². The van der Waals surface area contributed by atoms with Gasteiger partial charge < -0.3 is 4.74 Å². The fourth-order valence-electron chi connectivity index (χ4n) is 11.3. The van der Waals surface area contributed by atoms with Crippen molar-refractivity contribution in [2.75, 3.05) is 13.2 Å². The van der Waals surface area contributed by atoms with Gasteiger partial charge in [-0.1, -0.05) is 117 Å². The molecular formula is C45H80O4. The Balaban J connectivity index is 0.957. The maximum atomic E-state index is 13.3. The lowest BCUT2D eigenvalue weighted by molar-refractivity contribution is -0.346. The van der Waals surface area contributed by atoms with E-state index in [-0.39, 0.29) is 18.0 Å². The first-order chi connectivity index (χ1) is 24.1. The summed E-state index contributed by atoms with van der Waals surface area (Å²) < 4.78 is 6.06. The minimum absolute atomic E-state index is 0.0342. The molecule has 0 aromatic carbocycles. The zero-order valence-corrected chi connectivity index (χ0v) is 32.5. The van der Waals surface area contributed by atoms with Crippen LogP contribution in [0.3, 0.4) is 0 Å². The van der Waals surface area contributed by atoms with Crippen molar-refractivity contribution in [2.45, 2.75) is 213 Å². The number of esters is 1. The maximum Gasteiger partial charge on any atom is 0.309 e. The summed E-state index contributed by atoms with van der Waals surface area (Å²) in [6, 6.07) is 0. The van der Waals surface area contributed by atoms with Gasteiger partial charge in [-0.3, -0.25) is 4.79 Å². The summed E-state index contributed by atoms with van der Waals surface area (Å²) in [6.07, 6.45) is 40.4. The molecule has 0 aromatic heterocycles. The van der Waals surface area contributed by atoms with Gasteiger partial charge in [-0.05, 0) is 137 Å². The second kappa shape index (κ2) is 22.5. The zero-order valence-electron chi connectivity index (χ0n) is 32.5. The number of hydrogen-bond donors (Lipinski definition) is 0. The van der Waals surface area contributed by atoms with Crippen LogP contribution in [0.25, 0.3) is 0 Å². The first kappa shape index (κ1) is 39.6. The zero-order chi connectivity index (χ0) is 34.1. The molecule has 0 spiro atoms. The Morgan fingerprint density at radius 3 is 1.53 bits per heavy atom. The smallest absolute Gasteiger partial charge is 0.309 e. The second-order valence-corrected chi connectivity index (χ2v) is 18.2. The Kier molecular flexibility index (Phi) is 18.1. The van der Waals surface area contributed by atoms with Crippen LogP contribution >= 0.6 is 0 Å². The third-order valence-electron chi connectivity index (χ3n) is 14.9. The molecule has 0 N–H and O–H groups in total. The molecule has 0 saturated heterocycles. The van der Waals surface area contributed by atoms with Crippen molar-refractivity contribution in [1.82, 2.24) is 0 Å². The molecule has 5 rings (SSSR count). The predicted octanol–water partition coefficient (Wildman–Crippen LogP) is 13.2. The lowest BCUT2D eigenvalue weighted by Crippen LogP contribution is -2.35. The molecule has 0 aliphatic heterocycles. The van der Waals surface area contributed by atoms with E-state index in [2.05, 4.69) is 13.8 Å². The highest BCUT2D eigenvalue weighted by molar-refractivity contribution is 5.72. The van der Waals surface area contributed by atoms with Crippen LogP contribution in [0.4, 0.5) is 0 Å². The molecule has 0 heterocycles. The molecule has 5 fully saturated rings.